The van der Waals surface area contributed by atoms with Gasteiger partial charge in [-0.2, -0.15) is 0 Å². The van der Waals surface area contributed by atoms with Crippen molar-refractivity contribution in [3.63, 3.8) is 0 Å². The number of ether oxygens (including phenoxy) is 3. The summed E-state index contributed by atoms with van der Waals surface area (Å²) in [4.78, 5) is 12.3. The maximum Gasteiger partial charge on any atom is 0.243 e. The summed E-state index contributed by atoms with van der Waals surface area (Å²) in [7, 11) is 1.65. The first-order chi connectivity index (χ1) is 14.7. The highest BCUT2D eigenvalue weighted by Crippen LogP contribution is 2.30. The lowest BCUT2D eigenvalue weighted by Gasteiger charge is -2.11. The minimum Gasteiger partial charge on any atom is -0.476 e. The molecule has 1 N–H and O–H groups in total. The number of carbonyl (C=O) groups excluding carboxylic acids is 1. The number of amides is 1. The van der Waals surface area contributed by atoms with E-state index in [1.165, 1.54) is 11.8 Å². The fourth-order valence-corrected chi connectivity index (χ4v) is 3.95. The van der Waals surface area contributed by atoms with Crippen molar-refractivity contribution in [2.45, 2.75) is 51.0 Å². The van der Waals surface area contributed by atoms with E-state index in [0.717, 1.165) is 31.6 Å². The van der Waals surface area contributed by atoms with Crippen LogP contribution in [0, 0.1) is 0 Å². The van der Waals surface area contributed by atoms with Gasteiger partial charge in [0.15, 0.2) is 11.0 Å². The second kappa shape index (κ2) is 11.3. The third-order valence-electron chi connectivity index (χ3n) is 4.69. The fraction of sp³-hybridized carbons (Fsp3) is 0.684. The lowest BCUT2D eigenvalue weighted by Crippen LogP contribution is -2.33. The van der Waals surface area contributed by atoms with E-state index in [9.17, 15) is 4.79 Å². The summed E-state index contributed by atoms with van der Waals surface area (Å²) in [5.41, 5.74) is 0.775. The van der Waals surface area contributed by atoms with E-state index in [1.807, 2.05) is 24.6 Å². The topological polar surface area (TPSA) is 105 Å². The van der Waals surface area contributed by atoms with Gasteiger partial charge in [0.25, 0.3) is 0 Å². The molecule has 0 saturated carbocycles. The number of methoxy groups -OCH3 is 1. The molecule has 0 radical (unpaired) electrons. The van der Waals surface area contributed by atoms with Gasteiger partial charge in [0.1, 0.15) is 5.56 Å². The number of nitrogens with one attached hydrogen (secondary N) is 1. The van der Waals surface area contributed by atoms with Gasteiger partial charge in [-0.3, -0.25) is 14.0 Å². The zero-order chi connectivity index (χ0) is 21.3. The Morgan fingerprint density at radius 3 is 2.97 bits per heavy atom. The Bertz CT molecular complexity index is 818. The summed E-state index contributed by atoms with van der Waals surface area (Å²) < 4.78 is 20.2. The van der Waals surface area contributed by atoms with E-state index in [-0.39, 0.29) is 17.8 Å². The number of thioether (sulfide) groups is 1. The molecule has 10 nitrogen and oxygen atoms in total. The zero-order valence-electron chi connectivity index (χ0n) is 17.8. The molecule has 2 aromatic heterocycles. The first-order valence-corrected chi connectivity index (χ1v) is 11.3. The maximum absolute atomic E-state index is 12.3. The molecular formula is C19H30N6O4S. The number of hydrogen-bond acceptors (Lipinski definition) is 8. The van der Waals surface area contributed by atoms with Crippen molar-refractivity contribution >= 4 is 17.7 Å². The largest absolute Gasteiger partial charge is 0.476 e. The van der Waals surface area contributed by atoms with E-state index in [0.29, 0.717) is 43.2 Å². The van der Waals surface area contributed by atoms with E-state index in [1.54, 1.807) is 11.8 Å². The third kappa shape index (κ3) is 5.73. The Kier molecular flexibility index (Phi) is 8.52. The zero-order valence-corrected chi connectivity index (χ0v) is 18.6. The molecule has 1 fully saturated rings. The van der Waals surface area contributed by atoms with Crippen molar-refractivity contribution in [1.82, 2.24) is 29.9 Å². The van der Waals surface area contributed by atoms with Gasteiger partial charge >= 0.3 is 0 Å². The average Bonchev–Trinajstić information content (AvgIpc) is 3.49. The van der Waals surface area contributed by atoms with E-state index >= 15 is 0 Å². The van der Waals surface area contributed by atoms with Gasteiger partial charge in [0.05, 0.1) is 31.6 Å². The first-order valence-electron chi connectivity index (χ1n) is 10.3. The van der Waals surface area contributed by atoms with Crippen LogP contribution in [0.4, 0.5) is 0 Å². The second-order valence-corrected chi connectivity index (χ2v) is 7.76. The van der Waals surface area contributed by atoms with Crippen molar-refractivity contribution in [3.8, 4) is 17.3 Å². The molecule has 166 valence electrons. The molecule has 3 heterocycles. The van der Waals surface area contributed by atoms with Gasteiger partial charge in [-0.05, 0) is 26.7 Å². The first kappa shape index (κ1) is 22.6. The van der Waals surface area contributed by atoms with Crippen LogP contribution in [0.15, 0.2) is 11.4 Å². The molecule has 0 bridgehead atoms. The quantitative estimate of drug-likeness (QED) is 0.498. The Balaban J connectivity index is 1.71. The molecular weight excluding hydrogens is 408 g/mol. The van der Waals surface area contributed by atoms with Crippen molar-refractivity contribution in [1.29, 1.82) is 0 Å². The predicted octanol–water partition coefficient (Wildman–Crippen LogP) is 1.59. The van der Waals surface area contributed by atoms with E-state index in [4.69, 9.17) is 14.2 Å². The van der Waals surface area contributed by atoms with Crippen molar-refractivity contribution < 1.29 is 19.0 Å². The number of aromatic nitrogens is 5. The van der Waals surface area contributed by atoms with Gasteiger partial charge in [-0.1, -0.05) is 11.8 Å². The summed E-state index contributed by atoms with van der Waals surface area (Å²) in [6, 6.07) is 0. The summed E-state index contributed by atoms with van der Waals surface area (Å²) in [5.74, 6) is 1.38. The predicted molar refractivity (Wildman–Crippen MR) is 113 cm³/mol. The lowest BCUT2D eigenvalue weighted by molar-refractivity contribution is -0.119. The molecule has 0 aromatic carbocycles. The van der Waals surface area contributed by atoms with Crippen LogP contribution in [0.25, 0.3) is 11.4 Å². The smallest absolute Gasteiger partial charge is 0.243 e. The van der Waals surface area contributed by atoms with Crippen LogP contribution in [-0.2, 0) is 27.4 Å². The van der Waals surface area contributed by atoms with Crippen molar-refractivity contribution in [3.05, 3.63) is 6.20 Å². The molecule has 0 spiro atoms. The van der Waals surface area contributed by atoms with Gasteiger partial charge in [0, 0.05) is 33.0 Å². The SMILES string of the molecule is CCOc1nn(CC)cc1-c1nnc(SCC(=O)NCC2CCCO2)n1CCOC. The highest BCUT2D eigenvalue weighted by atomic mass is 32.2. The Morgan fingerprint density at radius 1 is 1.40 bits per heavy atom. The summed E-state index contributed by atoms with van der Waals surface area (Å²) >= 11 is 1.35. The van der Waals surface area contributed by atoms with Gasteiger partial charge in [-0.25, -0.2) is 0 Å². The molecule has 0 aliphatic carbocycles. The molecule has 1 aliphatic heterocycles. The second-order valence-electron chi connectivity index (χ2n) is 6.82. The summed E-state index contributed by atoms with van der Waals surface area (Å²) in [5, 5.41) is 16.7. The monoisotopic (exact) mass is 438 g/mol. The van der Waals surface area contributed by atoms with Crippen molar-refractivity contribution in [2.24, 2.45) is 0 Å². The molecule has 1 amide bonds. The normalized spacial score (nSPS) is 16.2. The standard InChI is InChI=1S/C19H30N6O4S/c1-4-24-12-15(18(23-24)28-5-2)17-21-22-19(25(17)8-10-27-3)30-13-16(26)20-11-14-7-6-9-29-14/h12,14H,4-11,13H2,1-3H3,(H,20,26). The van der Waals surface area contributed by atoms with Gasteiger partial charge < -0.3 is 19.5 Å². The van der Waals surface area contributed by atoms with Crippen LogP contribution in [0.1, 0.15) is 26.7 Å². The Labute approximate surface area is 180 Å². The maximum atomic E-state index is 12.3. The molecule has 1 unspecified atom stereocenters. The molecule has 1 atom stereocenters. The fourth-order valence-electron chi connectivity index (χ4n) is 3.16. The molecule has 11 heteroatoms. The summed E-state index contributed by atoms with van der Waals surface area (Å²) in [6.45, 7) is 7.54. The van der Waals surface area contributed by atoms with E-state index in [2.05, 4.69) is 20.6 Å². The molecule has 2 aromatic rings. The van der Waals surface area contributed by atoms with Crippen molar-refractivity contribution in [2.75, 3.05) is 39.2 Å². The molecule has 30 heavy (non-hydrogen) atoms. The van der Waals surface area contributed by atoms with E-state index < -0.39 is 0 Å². The number of hydrogen-bond donors (Lipinski definition) is 1. The number of carbonyl (C=O) groups is 1. The van der Waals surface area contributed by atoms with Crippen LogP contribution in [-0.4, -0.2) is 75.8 Å². The minimum atomic E-state index is -0.0489. The number of nitrogens with zero attached hydrogens (tertiary/aromatic N) is 5. The highest BCUT2D eigenvalue weighted by molar-refractivity contribution is 7.99. The molecule has 1 saturated heterocycles. The Hall–Kier alpha value is -2.11. The van der Waals surface area contributed by atoms with Crippen LogP contribution in [0.5, 0.6) is 5.88 Å². The van der Waals surface area contributed by atoms with Crippen LogP contribution < -0.4 is 10.1 Å². The van der Waals surface area contributed by atoms with Gasteiger partial charge in [0.2, 0.25) is 11.8 Å². The number of aryl methyl sites for hydroxylation is 1. The molecule has 1 aliphatic rings. The third-order valence-corrected chi connectivity index (χ3v) is 5.66. The lowest BCUT2D eigenvalue weighted by atomic mass is 10.2. The van der Waals surface area contributed by atoms with Crippen LogP contribution in [0.3, 0.4) is 0 Å². The Morgan fingerprint density at radius 2 is 2.27 bits per heavy atom. The highest BCUT2D eigenvalue weighted by Gasteiger charge is 2.22. The van der Waals surface area contributed by atoms with Gasteiger partial charge in [-0.15, -0.1) is 15.3 Å². The minimum absolute atomic E-state index is 0.0489. The number of rotatable bonds is 12. The summed E-state index contributed by atoms with van der Waals surface area (Å²) in [6.07, 6.45) is 4.08. The average molecular weight is 439 g/mol. The molecule has 3 rings (SSSR count). The van der Waals surface area contributed by atoms with Crippen LogP contribution >= 0.6 is 11.8 Å². The van der Waals surface area contributed by atoms with Crippen LogP contribution in [0.2, 0.25) is 0 Å².